The van der Waals surface area contributed by atoms with E-state index in [0.717, 1.165) is 18.9 Å². The molecule has 0 bridgehead atoms. The van der Waals surface area contributed by atoms with Crippen LogP contribution >= 0.6 is 11.3 Å². The molecule has 1 heterocycles. The Morgan fingerprint density at radius 3 is 2.74 bits per heavy atom. The topological polar surface area (TPSA) is 37.3 Å². The minimum Gasteiger partial charge on any atom is -0.478 e. The highest BCUT2D eigenvalue weighted by Gasteiger charge is 2.42. The van der Waals surface area contributed by atoms with Gasteiger partial charge in [0.25, 0.3) is 0 Å². The molecule has 1 N–H and O–H groups in total. The maximum Gasteiger partial charge on any atom is 0.328 e. The lowest BCUT2D eigenvalue weighted by atomic mass is 10.0. The van der Waals surface area contributed by atoms with Gasteiger partial charge >= 0.3 is 5.97 Å². The summed E-state index contributed by atoms with van der Waals surface area (Å²) in [5, 5.41) is 9.85. The van der Waals surface area contributed by atoms with Gasteiger partial charge in [-0.1, -0.05) is 36.4 Å². The third-order valence-corrected chi connectivity index (χ3v) is 4.81. The predicted octanol–water partition coefficient (Wildman–Crippen LogP) is 4.13. The van der Waals surface area contributed by atoms with Crippen LogP contribution in [0, 0.1) is 0 Å². The van der Waals surface area contributed by atoms with E-state index in [1.165, 1.54) is 15.0 Å². The lowest BCUT2D eigenvalue weighted by Gasteiger charge is -2.05. The van der Waals surface area contributed by atoms with Gasteiger partial charge in [0.05, 0.1) is 0 Å². The van der Waals surface area contributed by atoms with Crippen LogP contribution in [-0.4, -0.2) is 11.1 Å². The molecular weight excluding hydrogens is 256 g/mol. The zero-order chi connectivity index (χ0) is 13.3. The highest BCUT2D eigenvalue weighted by atomic mass is 32.1. The van der Waals surface area contributed by atoms with Crippen molar-refractivity contribution in [3.63, 3.8) is 0 Å². The van der Waals surface area contributed by atoms with Crippen molar-refractivity contribution in [1.29, 1.82) is 0 Å². The van der Waals surface area contributed by atoms with E-state index < -0.39 is 5.97 Å². The Kier molecular flexibility index (Phi) is 2.99. The molecule has 1 fully saturated rings. The van der Waals surface area contributed by atoms with Crippen molar-refractivity contribution in [1.82, 2.24) is 0 Å². The number of thiophene rings is 1. The Bertz CT molecular complexity index is 642. The number of carbonyl (C=O) groups is 1. The molecule has 3 heteroatoms. The van der Waals surface area contributed by atoms with Gasteiger partial charge in [0, 0.05) is 21.1 Å². The van der Waals surface area contributed by atoms with E-state index in [4.69, 9.17) is 5.11 Å². The largest absolute Gasteiger partial charge is 0.478 e. The summed E-state index contributed by atoms with van der Waals surface area (Å²) in [4.78, 5) is 11.8. The Hall–Kier alpha value is -1.87. The molecule has 1 aromatic carbocycles. The average Bonchev–Trinajstić information content (AvgIpc) is 3.05. The van der Waals surface area contributed by atoms with Crippen molar-refractivity contribution in [2.45, 2.75) is 18.3 Å². The van der Waals surface area contributed by atoms with E-state index in [9.17, 15) is 4.79 Å². The molecule has 1 aliphatic rings. The molecule has 1 saturated carbocycles. The summed E-state index contributed by atoms with van der Waals surface area (Å²) in [6, 6.07) is 10.7. The van der Waals surface area contributed by atoms with Crippen molar-refractivity contribution in [3.05, 3.63) is 59.5 Å². The number of benzene rings is 1. The van der Waals surface area contributed by atoms with E-state index in [1.54, 1.807) is 6.08 Å². The van der Waals surface area contributed by atoms with E-state index in [1.807, 2.05) is 17.4 Å². The summed E-state index contributed by atoms with van der Waals surface area (Å²) >= 11 is 1.84. The summed E-state index contributed by atoms with van der Waals surface area (Å²) in [6.45, 7) is 0. The number of fused-ring (bicyclic) bond motifs is 1. The van der Waals surface area contributed by atoms with Gasteiger partial charge in [-0.15, -0.1) is 11.3 Å². The summed E-state index contributed by atoms with van der Waals surface area (Å²) in [6.07, 6.45) is 9.05. The van der Waals surface area contributed by atoms with Crippen LogP contribution in [0.5, 0.6) is 0 Å². The molecule has 0 spiro atoms. The summed E-state index contributed by atoms with van der Waals surface area (Å²) in [5.74, 6) is -0.906. The van der Waals surface area contributed by atoms with Gasteiger partial charge in [0.1, 0.15) is 0 Å². The van der Waals surface area contributed by atoms with E-state index in [0.29, 0.717) is 0 Å². The molecule has 0 atom stereocenters. The Morgan fingerprint density at radius 2 is 2.05 bits per heavy atom. The molecule has 0 unspecified atom stereocenters. The molecule has 3 rings (SSSR count). The molecular formula is C16H14O2S. The molecule has 1 aliphatic carbocycles. The smallest absolute Gasteiger partial charge is 0.328 e. The van der Waals surface area contributed by atoms with Crippen LogP contribution in [0.3, 0.4) is 0 Å². The van der Waals surface area contributed by atoms with Crippen molar-refractivity contribution < 1.29 is 9.90 Å². The molecule has 19 heavy (non-hydrogen) atoms. The minimum atomic E-state index is -0.906. The van der Waals surface area contributed by atoms with E-state index in [-0.39, 0.29) is 5.41 Å². The number of hydrogen-bond donors (Lipinski definition) is 1. The monoisotopic (exact) mass is 270 g/mol. The number of aliphatic carboxylic acids is 1. The van der Waals surface area contributed by atoms with Crippen LogP contribution in [-0.2, 0) is 10.2 Å². The van der Waals surface area contributed by atoms with Crippen LogP contribution in [0.4, 0.5) is 0 Å². The van der Waals surface area contributed by atoms with Gasteiger partial charge in [-0.05, 0) is 30.4 Å². The normalized spacial score (nSPS) is 17.5. The molecule has 0 aliphatic heterocycles. The maximum absolute atomic E-state index is 10.4. The Labute approximate surface area is 115 Å². The number of carboxylic acid groups (broad SMARTS) is 1. The molecule has 2 aromatic rings. The van der Waals surface area contributed by atoms with Crippen molar-refractivity contribution in [2.75, 3.05) is 0 Å². The quantitative estimate of drug-likeness (QED) is 0.670. The molecule has 0 radical (unpaired) electrons. The lowest BCUT2D eigenvalue weighted by molar-refractivity contribution is -0.131. The maximum atomic E-state index is 10.4. The Balaban J connectivity index is 1.86. The second-order valence-electron chi connectivity index (χ2n) is 4.86. The van der Waals surface area contributed by atoms with Crippen LogP contribution in [0.1, 0.15) is 17.7 Å². The molecule has 0 saturated heterocycles. The molecule has 0 amide bonds. The number of carboxylic acids is 1. The fraction of sp³-hybridized carbons (Fsp3) is 0.188. The predicted molar refractivity (Wildman–Crippen MR) is 78.7 cm³/mol. The second-order valence-corrected chi connectivity index (χ2v) is 5.94. The van der Waals surface area contributed by atoms with Crippen LogP contribution in [0.25, 0.3) is 10.1 Å². The fourth-order valence-electron chi connectivity index (χ4n) is 2.23. The molecule has 96 valence electrons. The van der Waals surface area contributed by atoms with E-state index >= 15 is 0 Å². The summed E-state index contributed by atoms with van der Waals surface area (Å²) in [7, 11) is 0. The van der Waals surface area contributed by atoms with Crippen molar-refractivity contribution in [3.8, 4) is 0 Å². The van der Waals surface area contributed by atoms with Crippen LogP contribution in [0.15, 0.2) is 54.6 Å². The first-order valence-corrected chi connectivity index (χ1v) is 7.09. The lowest BCUT2D eigenvalue weighted by Crippen LogP contribution is -1.97. The SMILES string of the molecule is O=C(O)C=CC=CC1(c2cc3ccccc3s2)CC1. The molecule has 2 nitrogen and oxygen atoms in total. The number of hydrogen-bond acceptors (Lipinski definition) is 2. The average molecular weight is 270 g/mol. The molecule has 1 aromatic heterocycles. The van der Waals surface area contributed by atoms with Gasteiger partial charge < -0.3 is 5.11 Å². The fourth-order valence-corrected chi connectivity index (χ4v) is 3.52. The van der Waals surface area contributed by atoms with Gasteiger partial charge in [-0.2, -0.15) is 0 Å². The first-order chi connectivity index (χ1) is 9.20. The number of rotatable bonds is 4. The van der Waals surface area contributed by atoms with Gasteiger partial charge in [-0.25, -0.2) is 4.79 Å². The van der Waals surface area contributed by atoms with Crippen molar-refractivity contribution >= 4 is 27.4 Å². The third kappa shape index (κ3) is 2.47. The zero-order valence-electron chi connectivity index (χ0n) is 10.4. The standard InChI is InChI=1S/C16H14O2S/c17-15(18)7-3-4-8-16(9-10-16)14-11-12-5-1-2-6-13(12)19-14/h1-8,11H,9-10H2,(H,17,18). The van der Waals surface area contributed by atoms with E-state index in [2.05, 4.69) is 36.4 Å². The zero-order valence-corrected chi connectivity index (χ0v) is 11.2. The van der Waals surface area contributed by atoms with Gasteiger partial charge in [0.2, 0.25) is 0 Å². The number of allylic oxidation sites excluding steroid dienone is 3. The first kappa shape index (κ1) is 12.2. The van der Waals surface area contributed by atoms with Gasteiger partial charge in [0.15, 0.2) is 0 Å². The Morgan fingerprint density at radius 1 is 1.26 bits per heavy atom. The van der Waals surface area contributed by atoms with Crippen molar-refractivity contribution in [2.24, 2.45) is 0 Å². The van der Waals surface area contributed by atoms with Crippen LogP contribution < -0.4 is 0 Å². The minimum absolute atomic E-state index is 0.145. The van der Waals surface area contributed by atoms with Gasteiger partial charge in [-0.3, -0.25) is 0 Å². The highest BCUT2D eigenvalue weighted by Crippen LogP contribution is 2.52. The van der Waals surface area contributed by atoms with Crippen LogP contribution in [0.2, 0.25) is 0 Å². The third-order valence-electron chi connectivity index (χ3n) is 3.47. The highest BCUT2D eigenvalue weighted by molar-refractivity contribution is 7.19. The summed E-state index contributed by atoms with van der Waals surface area (Å²) < 4.78 is 1.32. The second kappa shape index (κ2) is 4.67. The first-order valence-electron chi connectivity index (χ1n) is 6.28. The summed E-state index contributed by atoms with van der Waals surface area (Å²) in [5.41, 5.74) is 0.145.